The summed E-state index contributed by atoms with van der Waals surface area (Å²) in [5, 5.41) is 0. The van der Waals surface area contributed by atoms with E-state index in [1.54, 1.807) is 36.4 Å². The second-order valence-electron chi connectivity index (χ2n) is 4.61. The fourth-order valence-electron chi connectivity index (χ4n) is 1.98. The Morgan fingerprint density at radius 3 is 2.50 bits per heavy atom. The molecule has 0 aliphatic heterocycles. The molecule has 0 amide bonds. The van der Waals surface area contributed by atoms with Crippen LogP contribution in [0, 0.1) is 0 Å². The van der Waals surface area contributed by atoms with Gasteiger partial charge in [0.05, 0.1) is 10.2 Å². The van der Waals surface area contributed by atoms with Crippen molar-refractivity contribution in [2.45, 2.75) is 4.34 Å². The van der Waals surface area contributed by atoms with Gasteiger partial charge in [-0.25, -0.2) is 13.4 Å². The maximum atomic E-state index is 12.4. The largest absolute Gasteiger partial charge is 0.293 e. The molecule has 0 radical (unpaired) electrons. The summed E-state index contributed by atoms with van der Waals surface area (Å²) in [6.45, 7) is 0. The lowest BCUT2D eigenvalue weighted by Crippen LogP contribution is -2.16. The maximum Gasteiger partial charge on any atom is 0.212 e. The highest BCUT2D eigenvalue weighted by molar-refractivity contribution is 9.10. The fraction of sp³-hybridized carbons (Fsp3) is 0.0667. The van der Waals surface area contributed by atoms with Crippen LogP contribution in [0.4, 0.5) is 0 Å². The zero-order chi connectivity index (χ0) is 15.7. The van der Waals surface area contributed by atoms with E-state index in [1.807, 2.05) is 12.1 Å². The van der Waals surface area contributed by atoms with E-state index >= 15 is 0 Å². The van der Waals surface area contributed by atoms with Crippen LogP contribution in [-0.4, -0.2) is 24.9 Å². The molecule has 0 atom stereocenters. The number of hydrogen-bond donors (Lipinski definition) is 0. The first-order chi connectivity index (χ1) is 10.5. The number of Topliss-reactive ketones (excluding diaryl/α,β-unsaturated/α-hetero) is 1. The average Bonchev–Trinajstić information content (AvgIpc) is 2.92. The summed E-state index contributed by atoms with van der Waals surface area (Å²) in [4.78, 5) is 16.4. The molecule has 0 spiro atoms. The van der Waals surface area contributed by atoms with Crippen molar-refractivity contribution < 1.29 is 13.2 Å². The molecule has 1 aromatic heterocycles. The van der Waals surface area contributed by atoms with Crippen LogP contribution >= 0.6 is 27.3 Å². The number of aromatic nitrogens is 1. The van der Waals surface area contributed by atoms with Crippen molar-refractivity contribution in [3.63, 3.8) is 0 Å². The first-order valence-electron chi connectivity index (χ1n) is 6.33. The Balaban J connectivity index is 1.93. The van der Waals surface area contributed by atoms with Crippen LogP contribution in [0.1, 0.15) is 10.4 Å². The quantitative estimate of drug-likeness (QED) is 0.631. The lowest BCUT2D eigenvalue weighted by Gasteiger charge is -2.03. The molecule has 0 bridgehead atoms. The van der Waals surface area contributed by atoms with Crippen LogP contribution in [0.25, 0.3) is 10.2 Å². The van der Waals surface area contributed by atoms with Crippen LogP contribution in [0.2, 0.25) is 0 Å². The van der Waals surface area contributed by atoms with Crippen LogP contribution in [0.15, 0.2) is 57.3 Å². The van der Waals surface area contributed by atoms with Gasteiger partial charge in [0.1, 0.15) is 5.75 Å². The molecule has 0 unspecified atom stereocenters. The van der Waals surface area contributed by atoms with E-state index in [1.165, 1.54) is 0 Å². The molecule has 3 rings (SSSR count). The van der Waals surface area contributed by atoms with E-state index in [2.05, 4.69) is 20.9 Å². The van der Waals surface area contributed by atoms with Gasteiger partial charge in [0.25, 0.3) is 0 Å². The number of ketones is 1. The van der Waals surface area contributed by atoms with Crippen LogP contribution in [0.5, 0.6) is 0 Å². The van der Waals surface area contributed by atoms with Gasteiger partial charge in [-0.15, -0.1) is 11.3 Å². The molecule has 0 aliphatic rings. The Morgan fingerprint density at radius 1 is 1.09 bits per heavy atom. The molecule has 1 heterocycles. The molecule has 3 aromatic rings. The van der Waals surface area contributed by atoms with Crippen molar-refractivity contribution in [2.75, 3.05) is 5.75 Å². The minimum atomic E-state index is -3.75. The first kappa shape index (κ1) is 15.3. The normalized spacial score (nSPS) is 11.7. The molecule has 0 aliphatic carbocycles. The highest BCUT2D eigenvalue weighted by Gasteiger charge is 2.25. The molecule has 2 aromatic carbocycles. The lowest BCUT2D eigenvalue weighted by molar-refractivity contribution is 0.102. The summed E-state index contributed by atoms with van der Waals surface area (Å²) in [7, 11) is -3.75. The van der Waals surface area contributed by atoms with Crippen LogP contribution in [0.3, 0.4) is 0 Å². The van der Waals surface area contributed by atoms with Gasteiger partial charge >= 0.3 is 0 Å². The smallest absolute Gasteiger partial charge is 0.212 e. The average molecular weight is 396 g/mol. The second-order valence-corrected chi connectivity index (χ2v) is 8.66. The van der Waals surface area contributed by atoms with Gasteiger partial charge in [-0.05, 0) is 18.2 Å². The van der Waals surface area contributed by atoms with Crippen molar-refractivity contribution in [3.8, 4) is 0 Å². The number of carbonyl (C=O) groups is 1. The Morgan fingerprint density at radius 2 is 1.77 bits per heavy atom. The van der Waals surface area contributed by atoms with Crippen molar-refractivity contribution in [1.82, 2.24) is 4.98 Å². The number of benzene rings is 2. The van der Waals surface area contributed by atoms with Gasteiger partial charge in [-0.2, -0.15) is 0 Å². The highest BCUT2D eigenvalue weighted by Crippen LogP contribution is 2.26. The molecule has 22 heavy (non-hydrogen) atoms. The number of hydrogen-bond acceptors (Lipinski definition) is 5. The molecule has 7 heteroatoms. The summed E-state index contributed by atoms with van der Waals surface area (Å²) in [5.74, 6) is -1.04. The van der Waals surface area contributed by atoms with Gasteiger partial charge in [-0.3, -0.25) is 4.79 Å². The van der Waals surface area contributed by atoms with Gasteiger partial charge in [-0.1, -0.05) is 46.3 Å². The molecule has 0 saturated heterocycles. The zero-order valence-electron chi connectivity index (χ0n) is 11.2. The van der Waals surface area contributed by atoms with Crippen molar-refractivity contribution in [2.24, 2.45) is 0 Å². The summed E-state index contributed by atoms with van der Waals surface area (Å²) >= 11 is 4.34. The Bertz CT molecular complexity index is 931. The van der Waals surface area contributed by atoms with Crippen molar-refractivity contribution >= 4 is 53.1 Å². The topological polar surface area (TPSA) is 64.1 Å². The van der Waals surface area contributed by atoms with Gasteiger partial charge in [0.2, 0.25) is 14.2 Å². The van der Waals surface area contributed by atoms with Gasteiger partial charge in [0, 0.05) is 10.0 Å². The zero-order valence-corrected chi connectivity index (χ0v) is 14.4. The van der Waals surface area contributed by atoms with Gasteiger partial charge < -0.3 is 0 Å². The fourth-order valence-corrected chi connectivity index (χ4v) is 5.00. The third-order valence-electron chi connectivity index (χ3n) is 3.04. The van der Waals surface area contributed by atoms with Crippen molar-refractivity contribution in [3.05, 3.63) is 58.6 Å². The third-order valence-corrected chi connectivity index (χ3v) is 6.84. The molecule has 112 valence electrons. The Labute approximate surface area is 139 Å². The number of carbonyl (C=O) groups excluding carboxylic acids is 1. The number of fused-ring (bicyclic) bond motifs is 1. The minimum absolute atomic E-state index is 0.0193. The van der Waals surface area contributed by atoms with Crippen LogP contribution < -0.4 is 0 Å². The van der Waals surface area contributed by atoms with E-state index in [9.17, 15) is 13.2 Å². The molecule has 0 fully saturated rings. The molecule has 0 N–H and O–H groups in total. The standard InChI is InChI=1S/C15H10BrNO3S2/c16-11-6-2-1-5-10(11)13(18)9-22(19,20)15-17-12-7-3-4-8-14(12)21-15/h1-8H,9H2. The lowest BCUT2D eigenvalue weighted by atomic mass is 10.1. The molecular weight excluding hydrogens is 386 g/mol. The Kier molecular flexibility index (Phi) is 4.12. The number of halogens is 1. The number of sulfone groups is 1. The predicted octanol–water partition coefficient (Wildman–Crippen LogP) is 3.72. The number of rotatable bonds is 4. The number of para-hydroxylation sites is 1. The van der Waals surface area contributed by atoms with E-state index in [0.29, 0.717) is 15.6 Å². The van der Waals surface area contributed by atoms with E-state index < -0.39 is 21.4 Å². The van der Waals surface area contributed by atoms with E-state index in [0.717, 1.165) is 16.0 Å². The number of nitrogens with zero attached hydrogens (tertiary/aromatic N) is 1. The Hall–Kier alpha value is -1.57. The first-order valence-corrected chi connectivity index (χ1v) is 9.59. The highest BCUT2D eigenvalue weighted by atomic mass is 79.9. The van der Waals surface area contributed by atoms with Crippen LogP contribution in [-0.2, 0) is 9.84 Å². The monoisotopic (exact) mass is 395 g/mol. The minimum Gasteiger partial charge on any atom is -0.293 e. The summed E-state index contributed by atoms with van der Waals surface area (Å²) in [6.07, 6.45) is 0. The second kappa shape index (κ2) is 5.91. The molecule has 4 nitrogen and oxygen atoms in total. The van der Waals surface area contributed by atoms with E-state index in [-0.39, 0.29) is 4.34 Å². The molecule has 0 saturated carbocycles. The third kappa shape index (κ3) is 2.97. The number of thiazole rings is 1. The van der Waals surface area contributed by atoms with Gasteiger partial charge in [0.15, 0.2) is 5.78 Å². The van der Waals surface area contributed by atoms with E-state index in [4.69, 9.17) is 0 Å². The van der Waals surface area contributed by atoms with Crippen molar-refractivity contribution in [1.29, 1.82) is 0 Å². The summed E-state index contributed by atoms with van der Waals surface area (Å²) in [5.41, 5.74) is 0.978. The predicted molar refractivity (Wildman–Crippen MR) is 90.1 cm³/mol. The summed E-state index contributed by atoms with van der Waals surface area (Å²) in [6, 6.07) is 13.9. The maximum absolute atomic E-state index is 12.4. The summed E-state index contributed by atoms with van der Waals surface area (Å²) < 4.78 is 26.2. The SMILES string of the molecule is O=C(CS(=O)(=O)c1nc2ccccc2s1)c1ccccc1Br. The molecular formula is C15H10BrNO3S2.